The zero-order valence-electron chi connectivity index (χ0n) is 16.0. The van der Waals surface area contributed by atoms with Crippen molar-refractivity contribution >= 4 is 45.3 Å². The summed E-state index contributed by atoms with van der Waals surface area (Å²) in [5.74, 6) is -0.763. The van der Waals surface area contributed by atoms with Crippen LogP contribution in [0, 0.1) is 21.4 Å². The topological polar surface area (TPSA) is 132 Å². The van der Waals surface area contributed by atoms with Crippen molar-refractivity contribution in [3.63, 3.8) is 0 Å². The summed E-state index contributed by atoms with van der Waals surface area (Å²) in [5, 5.41) is 22.6. The molecular formula is C20H16BrN3O6. The van der Waals surface area contributed by atoms with Gasteiger partial charge in [-0.25, -0.2) is 0 Å². The van der Waals surface area contributed by atoms with Crippen LogP contribution in [0.15, 0.2) is 46.4 Å². The average Bonchev–Trinajstić information content (AvgIpc) is 2.69. The second-order valence-electron chi connectivity index (χ2n) is 5.78. The van der Waals surface area contributed by atoms with Crippen LogP contribution in [0.1, 0.15) is 19.4 Å². The second-order valence-corrected chi connectivity index (χ2v) is 6.64. The number of nitro benzene ring substituents is 1. The van der Waals surface area contributed by atoms with E-state index in [1.807, 2.05) is 6.07 Å². The third-order valence-corrected chi connectivity index (χ3v) is 4.18. The van der Waals surface area contributed by atoms with Crippen LogP contribution in [-0.2, 0) is 9.59 Å². The van der Waals surface area contributed by atoms with Crippen molar-refractivity contribution in [3.05, 3.63) is 62.1 Å². The first-order valence-electron chi connectivity index (χ1n) is 8.57. The molecule has 0 heterocycles. The summed E-state index contributed by atoms with van der Waals surface area (Å²) in [6.07, 6.45) is 1.34. The van der Waals surface area contributed by atoms with Crippen molar-refractivity contribution in [2.75, 3.05) is 11.9 Å². The van der Waals surface area contributed by atoms with E-state index in [1.54, 1.807) is 13.0 Å². The van der Waals surface area contributed by atoms with Crippen molar-refractivity contribution in [2.45, 2.75) is 13.8 Å². The van der Waals surface area contributed by atoms with E-state index in [1.165, 1.54) is 43.3 Å². The summed E-state index contributed by atoms with van der Waals surface area (Å²) in [4.78, 5) is 33.9. The van der Waals surface area contributed by atoms with E-state index in [0.29, 0.717) is 22.3 Å². The van der Waals surface area contributed by atoms with Crippen molar-refractivity contribution in [1.29, 1.82) is 5.26 Å². The number of benzene rings is 2. The molecule has 2 aromatic carbocycles. The minimum absolute atomic E-state index is 0.120. The van der Waals surface area contributed by atoms with Crippen LogP contribution >= 0.6 is 15.9 Å². The molecule has 0 aliphatic carbocycles. The zero-order valence-corrected chi connectivity index (χ0v) is 17.6. The fourth-order valence-electron chi connectivity index (χ4n) is 2.36. The van der Waals surface area contributed by atoms with E-state index in [0.717, 1.165) is 0 Å². The Balaban J connectivity index is 2.31. The van der Waals surface area contributed by atoms with Gasteiger partial charge in [0.1, 0.15) is 11.6 Å². The molecule has 0 saturated carbocycles. The smallest absolute Gasteiger partial charge is 0.308 e. The van der Waals surface area contributed by atoms with E-state index in [9.17, 15) is 25.0 Å². The molecule has 0 bridgehead atoms. The van der Waals surface area contributed by atoms with Crippen LogP contribution in [0.3, 0.4) is 0 Å². The van der Waals surface area contributed by atoms with E-state index >= 15 is 0 Å². The number of carbonyl (C=O) groups excluding carboxylic acids is 2. The highest BCUT2D eigenvalue weighted by Crippen LogP contribution is 2.37. The summed E-state index contributed by atoms with van der Waals surface area (Å²) in [5.41, 5.74) is 0.429. The number of non-ortho nitro benzene ring substituents is 1. The number of halogens is 1. The molecule has 0 fully saturated rings. The van der Waals surface area contributed by atoms with E-state index in [-0.39, 0.29) is 22.8 Å². The van der Waals surface area contributed by atoms with Gasteiger partial charge in [0.2, 0.25) is 0 Å². The van der Waals surface area contributed by atoms with Gasteiger partial charge in [-0.15, -0.1) is 0 Å². The fraction of sp³-hybridized carbons (Fsp3) is 0.150. The normalized spacial score (nSPS) is 10.7. The number of nitrogens with zero attached hydrogens (tertiary/aromatic N) is 2. The monoisotopic (exact) mass is 473 g/mol. The number of anilines is 1. The van der Waals surface area contributed by atoms with Gasteiger partial charge < -0.3 is 14.8 Å². The van der Waals surface area contributed by atoms with Gasteiger partial charge in [0.15, 0.2) is 11.5 Å². The summed E-state index contributed by atoms with van der Waals surface area (Å²) in [6, 6.07) is 10.1. The predicted octanol–water partition coefficient (Wildman–Crippen LogP) is 4.23. The quantitative estimate of drug-likeness (QED) is 0.159. The number of hydrogen-bond donors (Lipinski definition) is 1. The minimum Gasteiger partial charge on any atom is -0.490 e. The number of carbonyl (C=O) groups is 2. The number of hydrogen-bond acceptors (Lipinski definition) is 7. The molecule has 0 atom stereocenters. The molecule has 0 unspecified atom stereocenters. The molecular weight excluding hydrogens is 458 g/mol. The molecule has 0 aliphatic rings. The van der Waals surface area contributed by atoms with Crippen molar-refractivity contribution in [3.8, 4) is 17.6 Å². The first kappa shape index (κ1) is 22.6. The van der Waals surface area contributed by atoms with E-state index in [4.69, 9.17) is 9.47 Å². The zero-order chi connectivity index (χ0) is 22.3. The van der Waals surface area contributed by atoms with Crippen LogP contribution in [0.25, 0.3) is 6.08 Å². The first-order chi connectivity index (χ1) is 14.2. The number of nitriles is 1. The van der Waals surface area contributed by atoms with Gasteiger partial charge in [-0.1, -0.05) is 0 Å². The Hall–Kier alpha value is -3.71. The van der Waals surface area contributed by atoms with Gasteiger partial charge in [-0.2, -0.15) is 5.26 Å². The average molecular weight is 474 g/mol. The maximum atomic E-state index is 12.4. The number of nitro groups is 1. The number of rotatable bonds is 7. The number of esters is 1. The Kier molecular flexibility index (Phi) is 7.66. The Morgan fingerprint density at radius 2 is 1.97 bits per heavy atom. The Morgan fingerprint density at radius 1 is 1.30 bits per heavy atom. The van der Waals surface area contributed by atoms with Crippen LogP contribution in [0.5, 0.6) is 11.5 Å². The molecule has 9 nitrogen and oxygen atoms in total. The highest BCUT2D eigenvalue weighted by molar-refractivity contribution is 9.10. The van der Waals surface area contributed by atoms with Crippen molar-refractivity contribution in [1.82, 2.24) is 0 Å². The molecule has 2 aromatic rings. The number of amides is 1. The number of nitrogens with one attached hydrogen (secondary N) is 1. The Bertz CT molecular complexity index is 1060. The SMILES string of the molecule is CCOc1cc(C=C(C#N)C(=O)Nc2ccc([N+](=O)[O-])cc2)cc(Br)c1OC(C)=O. The maximum absolute atomic E-state index is 12.4. The summed E-state index contributed by atoms with van der Waals surface area (Å²) in [7, 11) is 0. The van der Waals surface area contributed by atoms with Gasteiger partial charge in [-0.05, 0) is 58.8 Å². The highest BCUT2D eigenvalue weighted by atomic mass is 79.9. The standard InChI is InChI=1S/C20H16BrN3O6/c1-3-29-18-10-13(9-17(21)19(18)30-12(2)25)8-14(11-22)20(26)23-15-4-6-16(7-5-15)24(27)28/h4-10H,3H2,1-2H3,(H,23,26). The molecule has 1 N–H and O–H groups in total. The number of ether oxygens (including phenoxy) is 2. The minimum atomic E-state index is -0.690. The lowest BCUT2D eigenvalue weighted by Gasteiger charge is -2.12. The van der Waals surface area contributed by atoms with Crippen molar-refractivity contribution < 1.29 is 24.0 Å². The highest BCUT2D eigenvalue weighted by Gasteiger charge is 2.16. The van der Waals surface area contributed by atoms with Gasteiger partial charge in [0.25, 0.3) is 11.6 Å². The summed E-state index contributed by atoms with van der Waals surface area (Å²) < 4.78 is 11.0. The van der Waals surface area contributed by atoms with Crippen LogP contribution in [0.2, 0.25) is 0 Å². The molecule has 0 spiro atoms. The Labute approximate surface area is 180 Å². The molecule has 2 rings (SSSR count). The van der Waals surface area contributed by atoms with E-state index in [2.05, 4.69) is 21.2 Å². The molecule has 30 heavy (non-hydrogen) atoms. The molecule has 154 valence electrons. The third-order valence-electron chi connectivity index (χ3n) is 3.59. The summed E-state index contributed by atoms with van der Waals surface area (Å²) >= 11 is 3.29. The molecule has 0 aliphatic heterocycles. The molecule has 1 amide bonds. The summed E-state index contributed by atoms with van der Waals surface area (Å²) in [6.45, 7) is 3.32. The van der Waals surface area contributed by atoms with Crippen LogP contribution in [-0.4, -0.2) is 23.4 Å². The Morgan fingerprint density at radius 3 is 2.50 bits per heavy atom. The lowest BCUT2D eigenvalue weighted by atomic mass is 10.1. The third kappa shape index (κ3) is 5.89. The molecule has 0 saturated heterocycles. The lowest BCUT2D eigenvalue weighted by molar-refractivity contribution is -0.384. The largest absolute Gasteiger partial charge is 0.490 e. The molecule has 0 radical (unpaired) electrons. The van der Waals surface area contributed by atoms with Gasteiger partial charge in [0.05, 0.1) is 16.0 Å². The predicted molar refractivity (Wildman–Crippen MR) is 112 cm³/mol. The fourth-order valence-corrected chi connectivity index (χ4v) is 2.90. The van der Waals surface area contributed by atoms with E-state index < -0.39 is 16.8 Å². The second kappa shape index (κ2) is 10.2. The molecule has 0 aromatic heterocycles. The maximum Gasteiger partial charge on any atom is 0.308 e. The molecule has 10 heteroatoms. The van der Waals surface area contributed by atoms with Crippen LogP contribution < -0.4 is 14.8 Å². The van der Waals surface area contributed by atoms with Crippen LogP contribution in [0.4, 0.5) is 11.4 Å². The van der Waals surface area contributed by atoms with Crippen molar-refractivity contribution in [2.24, 2.45) is 0 Å². The van der Waals surface area contributed by atoms with Gasteiger partial charge >= 0.3 is 5.97 Å². The van der Waals surface area contributed by atoms with Gasteiger partial charge in [0, 0.05) is 24.7 Å². The lowest BCUT2D eigenvalue weighted by Crippen LogP contribution is -2.13. The first-order valence-corrected chi connectivity index (χ1v) is 9.36. The van der Waals surface area contributed by atoms with Gasteiger partial charge in [-0.3, -0.25) is 19.7 Å².